The number of carbonyl (C=O) groups excluding carboxylic acids is 1. The Hall–Kier alpha value is -2.06. The van der Waals surface area contributed by atoms with Crippen molar-refractivity contribution in [2.24, 2.45) is 5.73 Å². The molecule has 25 heavy (non-hydrogen) atoms. The number of nitrogens with one attached hydrogen (secondary N) is 1. The van der Waals surface area contributed by atoms with E-state index < -0.39 is 5.54 Å². The highest BCUT2D eigenvalue weighted by atomic mass is 32.1. The molecule has 2 aromatic rings. The maximum atomic E-state index is 12.6. The summed E-state index contributed by atoms with van der Waals surface area (Å²) in [5, 5.41) is 4.03. The fourth-order valence-electron chi connectivity index (χ4n) is 3.04. The standard InChI is InChI=1S/C17H24N6OS/c1-10-9-19-16(25-10)22-14-8-12(20-11(2)21-14)13-6-5-7-23(13)15(24)17(3,4)18/h8-9,13H,5-7,18H2,1-4H3,(H,19,20,21,22)/t13-/m0/s1. The van der Waals surface area contributed by atoms with Gasteiger partial charge in [-0.25, -0.2) is 15.0 Å². The summed E-state index contributed by atoms with van der Waals surface area (Å²) >= 11 is 1.57. The first-order valence-electron chi connectivity index (χ1n) is 8.39. The highest BCUT2D eigenvalue weighted by Gasteiger charge is 2.37. The minimum Gasteiger partial charge on any atom is -0.333 e. The molecule has 7 nitrogen and oxygen atoms in total. The van der Waals surface area contributed by atoms with Crippen LogP contribution in [0.1, 0.15) is 49.1 Å². The number of anilines is 2. The van der Waals surface area contributed by atoms with Gasteiger partial charge in [-0.15, -0.1) is 11.3 Å². The SMILES string of the molecule is Cc1nc(Nc2ncc(C)s2)cc([C@@H]2CCCN2C(=O)C(C)(C)N)n1. The van der Waals surface area contributed by atoms with Crippen LogP contribution >= 0.6 is 11.3 Å². The average Bonchev–Trinajstić information content (AvgIpc) is 3.14. The molecule has 1 aliphatic rings. The zero-order valence-electron chi connectivity index (χ0n) is 15.0. The summed E-state index contributed by atoms with van der Waals surface area (Å²) in [5.74, 6) is 1.32. The van der Waals surface area contributed by atoms with Crippen LogP contribution in [-0.2, 0) is 4.79 Å². The number of amides is 1. The molecule has 1 fully saturated rings. The molecule has 1 saturated heterocycles. The second-order valence-corrected chi connectivity index (χ2v) is 8.24. The molecule has 0 saturated carbocycles. The highest BCUT2D eigenvalue weighted by Crippen LogP contribution is 2.33. The summed E-state index contributed by atoms with van der Waals surface area (Å²) < 4.78 is 0. The Labute approximate surface area is 151 Å². The Morgan fingerprint density at radius 1 is 1.40 bits per heavy atom. The van der Waals surface area contributed by atoms with Crippen molar-refractivity contribution >= 4 is 28.2 Å². The molecule has 0 aromatic carbocycles. The van der Waals surface area contributed by atoms with Crippen LogP contribution in [0.2, 0.25) is 0 Å². The summed E-state index contributed by atoms with van der Waals surface area (Å²) in [4.78, 5) is 29.0. The Morgan fingerprint density at radius 3 is 2.80 bits per heavy atom. The van der Waals surface area contributed by atoms with E-state index in [1.807, 2.05) is 31.0 Å². The number of hydrogen-bond acceptors (Lipinski definition) is 7. The van der Waals surface area contributed by atoms with Crippen molar-refractivity contribution in [3.05, 3.63) is 28.7 Å². The lowest BCUT2D eigenvalue weighted by atomic mass is 10.0. The quantitative estimate of drug-likeness (QED) is 0.870. The predicted octanol–water partition coefficient (Wildman–Crippen LogP) is 2.69. The van der Waals surface area contributed by atoms with Gasteiger partial charge in [0.25, 0.3) is 0 Å². The number of carbonyl (C=O) groups is 1. The van der Waals surface area contributed by atoms with Gasteiger partial charge in [-0.1, -0.05) is 0 Å². The Balaban J connectivity index is 1.87. The van der Waals surface area contributed by atoms with Gasteiger partial charge in [0.05, 0.1) is 17.3 Å². The third kappa shape index (κ3) is 3.96. The van der Waals surface area contributed by atoms with E-state index in [-0.39, 0.29) is 11.9 Å². The number of nitrogens with two attached hydrogens (primary N) is 1. The van der Waals surface area contributed by atoms with Crippen LogP contribution in [0.15, 0.2) is 12.3 Å². The molecule has 1 amide bonds. The molecule has 0 spiro atoms. The number of aryl methyl sites for hydroxylation is 2. The van der Waals surface area contributed by atoms with E-state index in [1.165, 1.54) is 0 Å². The van der Waals surface area contributed by atoms with E-state index in [1.54, 1.807) is 25.2 Å². The lowest BCUT2D eigenvalue weighted by Gasteiger charge is -2.30. The fraction of sp³-hybridized carbons (Fsp3) is 0.529. The molecule has 3 N–H and O–H groups in total. The Morgan fingerprint density at radius 2 is 2.16 bits per heavy atom. The zero-order valence-corrected chi connectivity index (χ0v) is 15.9. The first-order valence-corrected chi connectivity index (χ1v) is 9.20. The van der Waals surface area contributed by atoms with Crippen LogP contribution in [0.4, 0.5) is 10.9 Å². The second-order valence-electron chi connectivity index (χ2n) is 7.00. The molecule has 0 unspecified atom stereocenters. The minimum absolute atomic E-state index is 0.0451. The van der Waals surface area contributed by atoms with Crippen LogP contribution < -0.4 is 11.1 Å². The van der Waals surface area contributed by atoms with E-state index in [0.29, 0.717) is 18.2 Å². The van der Waals surface area contributed by atoms with Gasteiger partial charge in [0.2, 0.25) is 5.91 Å². The summed E-state index contributed by atoms with van der Waals surface area (Å²) in [7, 11) is 0. The topological polar surface area (TPSA) is 97.0 Å². The van der Waals surface area contributed by atoms with Crippen molar-refractivity contribution in [2.45, 2.75) is 52.1 Å². The van der Waals surface area contributed by atoms with Gasteiger partial charge < -0.3 is 16.0 Å². The summed E-state index contributed by atoms with van der Waals surface area (Å²) in [6.45, 7) is 8.06. The van der Waals surface area contributed by atoms with E-state index in [4.69, 9.17) is 5.73 Å². The minimum atomic E-state index is -0.885. The third-order valence-corrected chi connectivity index (χ3v) is 4.95. The average molecular weight is 360 g/mol. The van der Waals surface area contributed by atoms with Crippen LogP contribution in [0.5, 0.6) is 0 Å². The summed E-state index contributed by atoms with van der Waals surface area (Å²) in [6.07, 6.45) is 3.65. The highest BCUT2D eigenvalue weighted by molar-refractivity contribution is 7.15. The zero-order chi connectivity index (χ0) is 18.2. The number of aromatic nitrogens is 3. The molecular formula is C17H24N6OS. The van der Waals surface area contributed by atoms with Gasteiger partial charge in [-0.2, -0.15) is 0 Å². The van der Waals surface area contributed by atoms with Crippen molar-refractivity contribution in [2.75, 3.05) is 11.9 Å². The first-order chi connectivity index (χ1) is 11.7. The molecule has 1 aliphatic heterocycles. The fourth-order valence-corrected chi connectivity index (χ4v) is 3.71. The second kappa shape index (κ2) is 6.68. The van der Waals surface area contributed by atoms with E-state index in [0.717, 1.165) is 28.5 Å². The molecule has 134 valence electrons. The monoisotopic (exact) mass is 360 g/mol. The predicted molar refractivity (Wildman–Crippen MR) is 98.9 cm³/mol. The van der Waals surface area contributed by atoms with Gasteiger partial charge >= 0.3 is 0 Å². The normalized spacial score (nSPS) is 17.8. The molecule has 3 heterocycles. The van der Waals surface area contributed by atoms with Crippen molar-refractivity contribution < 1.29 is 4.79 Å². The number of likely N-dealkylation sites (tertiary alicyclic amines) is 1. The molecule has 0 radical (unpaired) electrons. The molecule has 1 atom stereocenters. The summed E-state index contributed by atoms with van der Waals surface area (Å²) in [5.41, 5.74) is 5.98. The maximum Gasteiger partial charge on any atom is 0.242 e. The maximum absolute atomic E-state index is 12.6. The molecule has 8 heteroatoms. The van der Waals surface area contributed by atoms with E-state index in [2.05, 4.69) is 20.3 Å². The van der Waals surface area contributed by atoms with Gasteiger partial charge in [0.1, 0.15) is 11.6 Å². The molecular weight excluding hydrogens is 336 g/mol. The summed E-state index contributed by atoms with van der Waals surface area (Å²) in [6, 6.07) is 1.85. The van der Waals surface area contributed by atoms with Crippen molar-refractivity contribution in [3.8, 4) is 0 Å². The van der Waals surface area contributed by atoms with E-state index >= 15 is 0 Å². The largest absolute Gasteiger partial charge is 0.333 e. The Kier molecular flexibility index (Phi) is 4.75. The van der Waals surface area contributed by atoms with Crippen molar-refractivity contribution in [1.29, 1.82) is 0 Å². The van der Waals surface area contributed by atoms with Crippen LogP contribution in [0, 0.1) is 13.8 Å². The van der Waals surface area contributed by atoms with Crippen molar-refractivity contribution in [3.63, 3.8) is 0 Å². The molecule has 0 aliphatic carbocycles. The number of hydrogen-bond donors (Lipinski definition) is 2. The van der Waals surface area contributed by atoms with Gasteiger partial charge in [-0.05, 0) is 40.5 Å². The first kappa shape index (κ1) is 17.8. The number of thiazole rings is 1. The lowest BCUT2D eigenvalue weighted by molar-refractivity contribution is -0.136. The lowest BCUT2D eigenvalue weighted by Crippen LogP contribution is -2.50. The van der Waals surface area contributed by atoms with Gasteiger partial charge in [-0.3, -0.25) is 4.79 Å². The van der Waals surface area contributed by atoms with Crippen LogP contribution in [0.3, 0.4) is 0 Å². The molecule has 0 bridgehead atoms. The molecule has 3 rings (SSSR count). The number of rotatable bonds is 4. The Bertz CT molecular complexity index is 782. The molecule has 2 aromatic heterocycles. The van der Waals surface area contributed by atoms with Crippen LogP contribution in [0.25, 0.3) is 0 Å². The van der Waals surface area contributed by atoms with Crippen molar-refractivity contribution in [1.82, 2.24) is 19.9 Å². The van der Waals surface area contributed by atoms with Crippen LogP contribution in [-0.4, -0.2) is 37.8 Å². The van der Waals surface area contributed by atoms with E-state index in [9.17, 15) is 4.79 Å². The third-order valence-electron chi connectivity index (χ3n) is 4.12. The van der Waals surface area contributed by atoms with Gasteiger partial charge in [0, 0.05) is 23.7 Å². The number of nitrogens with zero attached hydrogens (tertiary/aromatic N) is 4. The van der Waals surface area contributed by atoms with Gasteiger partial charge in [0.15, 0.2) is 5.13 Å². The smallest absolute Gasteiger partial charge is 0.242 e.